The van der Waals surface area contributed by atoms with Gasteiger partial charge in [0.15, 0.2) is 0 Å². The topological polar surface area (TPSA) is 105 Å². The lowest BCUT2D eigenvalue weighted by Crippen LogP contribution is -2.46. The third-order valence-electron chi connectivity index (χ3n) is 7.03. The second-order valence-corrected chi connectivity index (χ2v) is 9.61. The van der Waals surface area contributed by atoms with Crippen molar-refractivity contribution in [1.82, 2.24) is 4.90 Å². The molecule has 4 aromatic rings. The zero-order valence-corrected chi connectivity index (χ0v) is 23.2. The van der Waals surface area contributed by atoms with Crippen LogP contribution in [0.4, 0.5) is 11.4 Å². The number of carbonyl (C=O) groups is 4. The summed E-state index contributed by atoms with van der Waals surface area (Å²) in [7, 11) is 3.01. The fraction of sp³-hybridized carbons (Fsp3) is 0.152. The third kappa shape index (κ3) is 5.71. The van der Waals surface area contributed by atoms with Crippen LogP contribution in [0.1, 0.15) is 27.5 Å². The predicted octanol–water partition coefficient (Wildman–Crippen LogP) is 4.64. The highest BCUT2D eigenvalue weighted by atomic mass is 16.5. The molecule has 1 atom stereocenters. The molecule has 0 aromatic heterocycles. The summed E-state index contributed by atoms with van der Waals surface area (Å²) in [4.78, 5) is 56.4. The Morgan fingerprint density at radius 3 is 2.19 bits per heavy atom. The largest absolute Gasteiger partial charge is 0.497 e. The number of hydrogen-bond acceptors (Lipinski definition) is 6. The molecule has 1 unspecified atom stereocenters. The van der Waals surface area contributed by atoms with Gasteiger partial charge in [-0.05, 0) is 35.4 Å². The van der Waals surface area contributed by atoms with Gasteiger partial charge in [0.2, 0.25) is 5.91 Å². The van der Waals surface area contributed by atoms with Crippen LogP contribution in [0.15, 0.2) is 103 Å². The molecule has 0 aliphatic carbocycles. The van der Waals surface area contributed by atoms with Gasteiger partial charge in [-0.2, -0.15) is 0 Å². The molecule has 9 heteroatoms. The van der Waals surface area contributed by atoms with Gasteiger partial charge in [-0.25, -0.2) is 0 Å². The van der Waals surface area contributed by atoms with Gasteiger partial charge in [0.1, 0.15) is 24.1 Å². The van der Waals surface area contributed by atoms with Gasteiger partial charge in [0, 0.05) is 12.6 Å². The van der Waals surface area contributed by atoms with Crippen molar-refractivity contribution in [1.29, 1.82) is 0 Å². The summed E-state index contributed by atoms with van der Waals surface area (Å²) < 4.78 is 10.7. The van der Waals surface area contributed by atoms with Crippen molar-refractivity contribution in [3.8, 4) is 11.5 Å². The van der Waals surface area contributed by atoms with Crippen LogP contribution >= 0.6 is 0 Å². The Bertz CT molecular complexity index is 1620. The highest BCUT2D eigenvalue weighted by Gasteiger charge is 2.39. The van der Waals surface area contributed by atoms with E-state index in [1.165, 1.54) is 24.0 Å². The molecule has 1 heterocycles. The lowest BCUT2D eigenvalue weighted by atomic mass is 10.0. The second kappa shape index (κ2) is 12.4. The van der Waals surface area contributed by atoms with Gasteiger partial charge in [-0.1, -0.05) is 72.8 Å². The minimum atomic E-state index is -1.09. The van der Waals surface area contributed by atoms with Crippen molar-refractivity contribution in [2.75, 3.05) is 31.0 Å². The average Bonchev–Trinajstić information content (AvgIpc) is 3.26. The van der Waals surface area contributed by atoms with Crippen molar-refractivity contribution < 1.29 is 28.7 Å². The number of rotatable bonds is 10. The van der Waals surface area contributed by atoms with E-state index in [1.807, 2.05) is 36.4 Å². The van der Waals surface area contributed by atoms with E-state index in [-0.39, 0.29) is 12.1 Å². The van der Waals surface area contributed by atoms with Gasteiger partial charge >= 0.3 is 0 Å². The number of amides is 3. The van der Waals surface area contributed by atoms with Crippen molar-refractivity contribution in [2.45, 2.75) is 12.6 Å². The lowest BCUT2D eigenvalue weighted by molar-refractivity contribution is -0.139. The monoisotopic (exact) mass is 563 g/mol. The van der Waals surface area contributed by atoms with Gasteiger partial charge in [0.25, 0.3) is 17.6 Å². The number of nitrogens with zero attached hydrogens (tertiary/aromatic N) is 2. The molecule has 1 aliphatic heterocycles. The molecule has 0 saturated carbocycles. The molecular weight excluding hydrogens is 534 g/mol. The number of ketones is 1. The summed E-state index contributed by atoms with van der Waals surface area (Å²) in [5.74, 6) is -1.52. The molecule has 0 fully saturated rings. The number of nitrogens with one attached hydrogen (secondary N) is 1. The van der Waals surface area contributed by atoms with E-state index in [0.717, 1.165) is 5.56 Å². The Morgan fingerprint density at radius 2 is 1.50 bits per heavy atom. The fourth-order valence-electron chi connectivity index (χ4n) is 4.95. The number of fused-ring (bicyclic) bond motifs is 1. The minimum absolute atomic E-state index is 0.0734. The summed E-state index contributed by atoms with van der Waals surface area (Å²) in [6.07, 6.45) is 0. The lowest BCUT2D eigenvalue weighted by Gasteiger charge is -2.33. The molecule has 42 heavy (non-hydrogen) atoms. The van der Waals surface area contributed by atoms with Crippen molar-refractivity contribution in [3.05, 3.63) is 120 Å². The van der Waals surface area contributed by atoms with Crippen LogP contribution in [0.25, 0.3) is 0 Å². The maximum atomic E-state index is 14.1. The predicted molar refractivity (Wildman–Crippen MR) is 157 cm³/mol. The van der Waals surface area contributed by atoms with Crippen LogP contribution in [0.2, 0.25) is 0 Å². The zero-order valence-electron chi connectivity index (χ0n) is 23.2. The van der Waals surface area contributed by atoms with E-state index >= 15 is 0 Å². The quantitative estimate of drug-likeness (QED) is 0.282. The number of methoxy groups -OCH3 is 2. The first-order valence-corrected chi connectivity index (χ1v) is 13.3. The summed E-state index contributed by atoms with van der Waals surface area (Å²) in [5, 5.41) is 2.91. The van der Waals surface area contributed by atoms with Crippen LogP contribution in [0.3, 0.4) is 0 Å². The number of anilines is 2. The van der Waals surface area contributed by atoms with E-state index in [1.54, 1.807) is 66.7 Å². The van der Waals surface area contributed by atoms with Crippen molar-refractivity contribution in [3.63, 3.8) is 0 Å². The van der Waals surface area contributed by atoms with Crippen LogP contribution in [0, 0.1) is 0 Å². The molecule has 0 radical (unpaired) electrons. The van der Waals surface area contributed by atoms with Gasteiger partial charge in [-0.15, -0.1) is 0 Å². The molecule has 0 spiro atoms. The molecular formula is C33H29N3O6. The van der Waals surface area contributed by atoms with Crippen LogP contribution in [-0.2, 0) is 20.9 Å². The first-order chi connectivity index (χ1) is 20.4. The van der Waals surface area contributed by atoms with Gasteiger partial charge in [-0.3, -0.25) is 24.1 Å². The van der Waals surface area contributed by atoms with Crippen LogP contribution in [-0.4, -0.2) is 49.2 Å². The molecule has 212 valence electrons. The average molecular weight is 564 g/mol. The first kappa shape index (κ1) is 28.1. The van der Waals surface area contributed by atoms with E-state index in [0.29, 0.717) is 28.4 Å². The Morgan fingerprint density at radius 1 is 0.833 bits per heavy atom. The summed E-state index contributed by atoms with van der Waals surface area (Å²) >= 11 is 0. The number of hydrogen-bond donors (Lipinski definition) is 1. The molecule has 0 saturated heterocycles. The molecule has 5 rings (SSSR count). The normalized spacial score (nSPS) is 12.9. The molecule has 0 bridgehead atoms. The van der Waals surface area contributed by atoms with Gasteiger partial charge < -0.3 is 19.7 Å². The second-order valence-electron chi connectivity index (χ2n) is 9.61. The number of ether oxygens (including phenoxy) is 2. The van der Waals surface area contributed by atoms with E-state index in [4.69, 9.17) is 9.47 Å². The third-order valence-corrected chi connectivity index (χ3v) is 7.03. The Kier molecular flexibility index (Phi) is 8.29. The maximum absolute atomic E-state index is 14.1. The van der Waals surface area contributed by atoms with Crippen LogP contribution in [0.5, 0.6) is 11.5 Å². The Labute approximate surface area is 243 Å². The maximum Gasteiger partial charge on any atom is 0.299 e. The highest BCUT2D eigenvalue weighted by Crippen LogP contribution is 2.33. The first-order valence-electron chi connectivity index (χ1n) is 13.3. The SMILES string of the molecule is COc1ccc(NC(=O)C(c2ccccc2)N(Cc2ccccc2)C(=O)CN2C(=O)C(=O)c3ccccc32)c(OC)c1. The standard InChI is InChI=1S/C33H29N3O6/c1-41-24-17-18-26(28(19-24)42-2)34-32(39)30(23-13-7-4-8-14-23)36(20-22-11-5-3-6-12-22)29(37)21-35-27-16-10-9-15-25(27)31(38)33(35)40/h3-19,30H,20-21H2,1-2H3,(H,34,39). The number of Topliss-reactive ketones (excluding diaryl/α,β-unsaturated/α-hetero) is 1. The number of benzene rings is 4. The summed E-state index contributed by atoms with van der Waals surface area (Å²) in [6.45, 7) is -0.346. The van der Waals surface area contributed by atoms with Crippen molar-refractivity contribution in [2.24, 2.45) is 0 Å². The fourth-order valence-corrected chi connectivity index (χ4v) is 4.95. The van der Waals surface area contributed by atoms with E-state index in [9.17, 15) is 19.2 Å². The smallest absolute Gasteiger partial charge is 0.299 e. The van der Waals surface area contributed by atoms with Crippen LogP contribution < -0.4 is 19.7 Å². The van der Waals surface area contributed by atoms with Crippen molar-refractivity contribution >= 4 is 34.9 Å². The Hall–Kier alpha value is -5.44. The zero-order chi connectivity index (χ0) is 29.6. The Balaban J connectivity index is 1.54. The van der Waals surface area contributed by atoms with E-state index < -0.39 is 36.1 Å². The molecule has 1 N–H and O–H groups in total. The molecule has 1 aliphatic rings. The molecule has 3 amide bonds. The number of para-hydroxylation sites is 1. The summed E-state index contributed by atoms with van der Waals surface area (Å²) in [6, 6.07) is 28.6. The summed E-state index contributed by atoms with van der Waals surface area (Å²) in [5.41, 5.74) is 2.35. The highest BCUT2D eigenvalue weighted by molar-refractivity contribution is 6.52. The molecule has 9 nitrogen and oxygen atoms in total. The van der Waals surface area contributed by atoms with E-state index in [2.05, 4.69) is 5.32 Å². The minimum Gasteiger partial charge on any atom is -0.497 e. The number of carbonyl (C=O) groups excluding carboxylic acids is 4. The van der Waals surface area contributed by atoms with Gasteiger partial charge in [0.05, 0.1) is 31.2 Å². The molecule has 4 aromatic carbocycles.